The number of rotatable bonds is 3. The van der Waals surface area contributed by atoms with E-state index in [0.29, 0.717) is 10.2 Å². The monoisotopic (exact) mass is 426 g/mol. The molecule has 4 nitrogen and oxygen atoms in total. The van der Waals surface area contributed by atoms with E-state index in [2.05, 4.69) is 42.5 Å². The molecule has 0 spiro atoms. The zero-order chi connectivity index (χ0) is 14.7. The Kier molecular flexibility index (Phi) is 4.67. The van der Waals surface area contributed by atoms with Crippen LogP contribution in [0.2, 0.25) is 5.02 Å². The standard InChI is InChI=1S/C14H8ClIN4S/c15-13-10(11-8-17-4-5-18-11)2-1-3-12(13)21-14-19-6-9(16)7-20-14/h1-8H. The normalized spacial score (nSPS) is 10.6. The van der Waals surface area contributed by atoms with Gasteiger partial charge < -0.3 is 0 Å². The highest BCUT2D eigenvalue weighted by atomic mass is 127. The number of hydrogen-bond acceptors (Lipinski definition) is 5. The van der Waals surface area contributed by atoms with Crippen LogP contribution in [-0.2, 0) is 0 Å². The summed E-state index contributed by atoms with van der Waals surface area (Å²) in [5.41, 5.74) is 1.59. The van der Waals surface area contributed by atoms with Gasteiger partial charge in [0.1, 0.15) is 0 Å². The van der Waals surface area contributed by atoms with Crippen molar-refractivity contribution in [1.29, 1.82) is 0 Å². The molecule has 3 aromatic rings. The summed E-state index contributed by atoms with van der Waals surface area (Å²) in [6.07, 6.45) is 8.52. The van der Waals surface area contributed by atoms with E-state index < -0.39 is 0 Å². The van der Waals surface area contributed by atoms with E-state index in [1.807, 2.05) is 18.2 Å². The van der Waals surface area contributed by atoms with E-state index in [1.54, 1.807) is 31.0 Å². The first-order valence-electron chi connectivity index (χ1n) is 5.94. The third-order valence-corrected chi connectivity index (χ3v) is 4.63. The SMILES string of the molecule is Clc1c(Sc2ncc(I)cn2)cccc1-c1cnccn1. The maximum Gasteiger partial charge on any atom is 0.192 e. The molecule has 0 bridgehead atoms. The summed E-state index contributed by atoms with van der Waals surface area (Å²) < 4.78 is 0.997. The Bertz CT molecular complexity index is 753. The van der Waals surface area contributed by atoms with Crippen LogP contribution in [0.3, 0.4) is 0 Å². The van der Waals surface area contributed by atoms with Crippen molar-refractivity contribution in [2.24, 2.45) is 0 Å². The number of hydrogen-bond donors (Lipinski definition) is 0. The van der Waals surface area contributed by atoms with Crippen LogP contribution in [-0.4, -0.2) is 19.9 Å². The smallest absolute Gasteiger partial charge is 0.192 e. The molecule has 0 aliphatic heterocycles. The van der Waals surface area contributed by atoms with Crippen molar-refractivity contribution in [3.8, 4) is 11.3 Å². The van der Waals surface area contributed by atoms with Gasteiger partial charge in [0.15, 0.2) is 5.16 Å². The molecule has 0 unspecified atom stereocenters. The van der Waals surface area contributed by atoms with Gasteiger partial charge in [-0.25, -0.2) is 9.97 Å². The van der Waals surface area contributed by atoms with Crippen LogP contribution in [0.1, 0.15) is 0 Å². The third-order valence-electron chi connectivity index (χ3n) is 2.60. The van der Waals surface area contributed by atoms with E-state index in [-0.39, 0.29) is 0 Å². The van der Waals surface area contributed by atoms with Gasteiger partial charge in [0.05, 0.1) is 16.9 Å². The Balaban J connectivity index is 1.95. The molecule has 3 rings (SSSR count). The average molecular weight is 427 g/mol. The predicted octanol–water partition coefficient (Wildman–Crippen LogP) is 4.34. The molecule has 2 aromatic heterocycles. The van der Waals surface area contributed by atoms with Crippen LogP contribution < -0.4 is 0 Å². The lowest BCUT2D eigenvalue weighted by Crippen LogP contribution is -1.89. The summed E-state index contributed by atoms with van der Waals surface area (Å²) in [6.45, 7) is 0. The molecule has 7 heteroatoms. The predicted molar refractivity (Wildman–Crippen MR) is 91.3 cm³/mol. The largest absolute Gasteiger partial charge is 0.261 e. The van der Waals surface area contributed by atoms with Gasteiger partial charge in [0.2, 0.25) is 0 Å². The lowest BCUT2D eigenvalue weighted by molar-refractivity contribution is 0.957. The fourth-order valence-corrected chi connectivity index (χ4v) is 3.05. The van der Waals surface area contributed by atoms with Crippen molar-refractivity contribution in [2.75, 3.05) is 0 Å². The molecule has 0 N–H and O–H groups in total. The summed E-state index contributed by atoms with van der Waals surface area (Å²) in [5, 5.41) is 1.29. The van der Waals surface area contributed by atoms with Gasteiger partial charge in [-0.3, -0.25) is 9.97 Å². The molecular weight excluding hydrogens is 419 g/mol. The molecular formula is C14H8ClIN4S. The third kappa shape index (κ3) is 3.50. The van der Waals surface area contributed by atoms with E-state index in [4.69, 9.17) is 11.6 Å². The lowest BCUT2D eigenvalue weighted by Gasteiger charge is -2.07. The highest BCUT2D eigenvalue weighted by Gasteiger charge is 2.11. The van der Waals surface area contributed by atoms with E-state index >= 15 is 0 Å². The first kappa shape index (κ1) is 14.7. The zero-order valence-electron chi connectivity index (χ0n) is 10.6. The molecule has 1 aromatic carbocycles. The summed E-state index contributed by atoms with van der Waals surface area (Å²) in [4.78, 5) is 17.8. The second kappa shape index (κ2) is 6.67. The van der Waals surface area contributed by atoms with Gasteiger partial charge in [-0.2, -0.15) is 0 Å². The van der Waals surface area contributed by atoms with Crippen molar-refractivity contribution < 1.29 is 0 Å². The summed E-state index contributed by atoms with van der Waals surface area (Å²) in [5.74, 6) is 0. The van der Waals surface area contributed by atoms with Crippen LogP contribution >= 0.6 is 46.0 Å². The second-order valence-corrected chi connectivity index (χ2v) is 6.63. The number of halogens is 2. The fraction of sp³-hybridized carbons (Fsp3) is 0. The lowest BCUT2D eigenvalue weighted by atomic mass is 10.1. The van der Waals surface area contributed by atoms with Crippen molar-refractivity contribution in [1.82, 2.24) is 19.9 Å². The topological polar surface area (TPSA) is 51.6 Å². The van der Waals surface area contributed by atoms with Crippen molar-refractivity contribution in [3.63, 3.8) is 0 Å². The van der Waals surface area contributed by atoms with Crippen molar-refractivity contribution >= 4 is 46.0 Å². The summed E-state index contributed by atoms with van der Waals surface area (Å²) in [7, 11) is 0. The highest BCUT2D eigenvalue weighted by Crippen LogP contribution is 2.37. The summed E-state index contributed by atoms with van der Waals surface area (Å²) >= 11 is 10.1. The van der Waals surface area contributed by atoms with Crippen LogP contribution in [0.5, 0.6) is 0 Å². The van der Waals surface area contributed by atoms with E-state index in [9.17, 15) is 0 Å². The fourth-order valence-electron chi connectivity index (χ4n) is 1.68. The van der Waals surface area contributed by atoms with Gasteiger partial charge >= 0.3 is 0 Å². The Hall–Kier alpha value is -1.25. The highest BCUT2D eigenvalue weighted by molar-refractivity contribution is 14.1. The van der Waals surface area contributed by atoms with Crippen LogP contribution in [0.4, 0.5) is 0 Å². The van der Waals surface area contributed by atoms with Gasteiger partial charge in [-0.1, -0.05) is 23.7 Å². The molecule has 0 aliphatic rings. The van der Waals surface area contributed by atoms with E-state index in [0.717, 1.165) is 19.7 Å². The van der Waals surface area contributed by atoms with E-state index in [1.165, 1.54) is 11.8 Å². The van der Waals surface area contributed by atoms with Crippen molar-refractivity contribution in [2.45, 2.75) is 10.1 Å². The number of benzene rings is 1. The molecule has 104 valence electrons. The molecule has 0 amide bonds. The maximum absolute atomic E-state index is 6.48. The Morgan fingerprint density at radius 2 is 1.81 bits per heavy atom. The molecule has 0 atom stereocenters. The van der Waals surface area contributed by atoms with Gasteiger partial charge in [-0.05, 0) is 40.4 Å². The molecule has 21 heavy (non-hydrogen) atoms. The number of nitrogens with zero attached hydrogens (tertiary/aromatic N) is 4. The molecule has 2 heterocycles. The van der Waals surface area contributed by atoms with Gasteiger partial charge in [0, 0.05) is 38.8 Å². The minimum atomic E-state index is 0.630. The van der Waals surface area contributed by atoms with Crippen LogP contribution in [0, 0.1) is 3.57 Å². The molecule has 0 aliphatic carbocycles. The molecule has 0 saturated heterocycles. The second-order valence-electron chi connectivity index (χ2n) is 3.99. The molecule has 0 fully saturated rings. The van der Waals surface area contributed by atoms with Crippen molar-refractivity contribution in [3.05, 3.63) is 57.8 Å². The van der Waals surface area contributed by atoms with Gasteiger partial charge in [0.25, 0.3) is 0 Å². The first-order valence-corrected chi connectivity index (χ1v) is 8.21. The molecule has 0 radical (unpaired) electrons. The number of aromatic nitrogens is 4. The van der Waals surface area contributed by atoms with Gasteiger partial charge in [-0.15, -0.1) is 0 Å². The first-order chi connectivity index (χ1) is 10.2. The Morgan fingerprint density at radius 3 is 2.52 bits per heavy atom. The van der Waals surface area contributed by atoms with Crippen LogP contribution in [0.25, 0.3) is 11.3 Å². The Morgan fingerprint density at radius 1 is 1.00 bits per heavy atom. The quantitative estimate of drug-likeness (QED) is 0.460. The minimum absolute atomic E-state index is 0.630. The summed E-state index contributed by atoms with van der Waals surface area (Å²) in [6, 6.07) is 5.80. The zero-order valence-corrected chi connectivity index (χ0v) is 14.3. The molecule has 0 saturated carbocycles. The van der Waals surface area contributed by atoms with Crippen LogP contribution in [0.15, 0.2) is 59.2 Å². The minimum Gasteiger partial charge on any atom is -0.261 e. The maximum atomic E-state index is 6.48. The average Bonchev–Trinajstić information content (AvgIpc) is 2.52. The Labute approximate surface area is 144 Å².